The Morgan fingerprint density at radius 3 is 2.68 bits per heavy atom. The second-order valence-electron chi connectivity index (χ2n) is 4.57. The van der Waals surface area contributed by atoms with E-state index in [2.05, 4.69) is 10.2 Å². The van der Waals surface area contributed by atoms with E-state index in [0.29, 0.717) is 11.1 Å². The zero-order valence-electron chi connectivity index (χ0n) is 11.6. The highest BCUT2D eigenvalue weighted by molar-refractivity contribution is 7.98. The summed E-state index contributed by atoms with van der Waals surface area (Å²) in [6.45, 7) is 0. The molecule has 3 nitrogen and oxygen atoms in total. The zero-order valence-corrected chi connectivity index (χ0v) is 13.2. The van der Waals surface area contributed by atoms with Gasteiger partial charge in [0.15, 0.2) is 0 Å². The predicted molar refractivity (Wildman–Crippen MR) is 90.7 cm³/mol. The lowest BCUT2D eigenvalue weighted by molar-refractivity contribution is 0.446. The highest BCUT2D eigenvalue weighted by atomic mass is 35.5. The molecular formula is C17H13ClN2OS. The van der Waals surface area contributed by atoms with Crippen LogP contribution in [0.2, 0.25) is 5.02 Å². The van der Waals surface area contributed by atoms with Gasteiger partial charge in [0, 0.05) is 16.9 Å². The summed E-state index contributed by atoms with van der Waals surface area (Å²) in [5.41, 5.74) is 2.21. The first kappa shape index (κ1) is 14.9. The van der Waals surface area contributed by atoms with Gasteiger partial charge in [-0.25, -0.2) is 0 Å². The molecule has 3 rings (SSSR count). The molecule has 0 aliphatic rings. The van der Waals surface area contributed by atoms with Crippen molar-refractivity contribution in [3.05, 3.63) is 76.6 Å². The van der Waals surface area contributed by atoms with E-state index in [9.17, 15) is 0 Å². The van der Waals surface area contributed by atoms with Crippen LogP contribution in [0.3, 0.4) is 0 Å². The Morgan fingerprint density at radius 2 is 1.86 bits per heavy atom. The van der Waals surface area contributed by atoms with Gasteiger partial charge in [-0.05, 0) is 29.3 Å². The minimum absolute atomic E-state index is 0.498. The Hall–Kier alpha value is -2.04. The second-order valence-corrected chi connectivity index (χ2v) is 5.93. The molecule has 0 fully saturated rings. The van der Waals surface area contributed by atoms with Crippen LogP contribution in [0.1, 0.15) is 17.0 Å². The molecule has 0 saturated carbocycles. The van der Waals surface area contributed by atoms with Gasteiger partial charge in [-0.15, -0.1) is 10.2 Å². The first-order valence-electron chi connectivity index (χ1n) is 6.73. The quantitative estimate of drug-likeness (QED) is 0.604. The number of halogens is 1. The maximum Gasteiger partial charge on any atom is 0.277 e. The van der Waals surface area contributed by atoms with Crippen LogP contribution in [-0.4, -0.2) is 10.2 Å². The van der Waals surface area contributed by atoms with E-state index < -0.39 is 0 Å². The molecule has 0 atom stereocenters. The third-order valence-electron chi connectivity index (χ3n) is 2.89. The van der Waals surface area contributed by atoms with E-state index in [4.69, 9.17) is 16.0 Å². The van der Waals surface area contributed by atoms with Crippen molar-refractivity contribution < 1.29 is 4.42 Å². The maximum atomic E-state index is 5.96. The molecule has 1 aromatic heterocycles. The standard InChI is InChI=1S/C17H13ClN2OS/c18-15-8-4-7-14(11-15)12-22-17-20-19-16(21-17)10-9-13-5-2-1-3-6-13/h1-11H,12H2/b10-9+. The fourth-order valence-electron chi connectivity index (χ4n) is 1.85. The molecule has 0 aliphatic carbocycles. The number of thioether (sulfide) groups is 1. The van der Waals surface area contributed by atoms with Crippen molar-refractivity contribution in [2.45, 2.75) is 11.0 Å². The summed E-state index contributed by atoms with van der Waals surface area (Å²) in [4.78, 5) is 0. The minimum Gasteiger partial charge on any atom is -0.412 e. The minimum atomic E-state index is 0.498. The van der Waals surface area contributed by atoms with E-state index >= 15 is 0 Å². The van der Waals surface area contributed by atoms with Crippen LogP contribution >= 0.6 is 23.4 Å². The molecular weight excluding hydrogens is 316 g/mol. The van der Waals surface area contributed by atoms with Gasteiger partial charge in [-0.1, -0.05) is 65.8 Å². The van der Waals surface area contributed by atoms with Gasteiger partial charge in [0.25, 0.3) is 5.22 Å². The number of hydrogen-bond acceptors (Lipinski definition) is 4. The average molecular weight is 329 g/mol. The SMILES string of the molecule is Clc1cccc(CSc2nnc(/C=C/c3ccccc3)o2)c1. The Bertz CT molecular complexity index is 771. The Balaban J connectivity index is 1.60. The molecule has 0 unspecified atom stereocenters. The largest absolute Gasteiger partial charge is 0.412 e. The van der Waals surface area contributed by atoms with E-state index in [-0.39, 0.29) is 0 Å². The highest BCUT2D eigenvalue weighted by Gasteiger charge is 2.05. The number of rotatable bonds is 5. The summed E-state index contributed by atoms with van der Waals surface area (Å²) in [6, 6.07) is 17.7. The lowest BCUT2D eigenvalue weighted by Crippen LogP contribution is -1.80. The molecule has 5 heteroatoms. The van der Waals surface area contributed by atoms with Crippen LogP contribution in [0.4, 0.5) is 0 Å². The van der Waals surface area contributed by atoms with Gasteiger partial charge in [0.05, 0.1) is 0 Å². The van der Waals surface area contributed by atoms with Crippen LogP contribution in [0, 0.1) is 0 Å². The average Bonchev–Trinajstić information content (AvgIpc) is 3.00. The normalized spacial score (nSPS) is 11.1. The van der Waals surface area contributed by atoms with Gasteiger partial charge in [0.1, 0.15) is 0 Å². The Labute approximate surface area is 138 Å². The van der Waals surface area contributed by atoms with E-state index in [1.54, 1.807) is 0 Å². The predicted octanol–water partition coefficient (Wildman–Crippen LogP) is 5.19. The van der Waals surface area contributed by atoms with Gasteiger partial charge in [-0.3, -0.25) is 0 Å². The van der Waals surface area contributed by atoms with Gasteiger partial charge >= 0.3 is 0 Å². The zero-order chi connectivity index (χ0) is 15.2. The first-order chi connectivity index (χ1) is 10.8. The summed E-state index contributed by atoms with van der Waals surface area (Å²) in [5.74, 6) is 1.24. The number of nitrogens with zero attached hydrogens (tertiary/aromatic N) is 2. The highest BCUT2D eigenvalue weighted by Crippen LogP contribution is 2.23. The van der Waals surface area contributed by atoms with Gasteiger partial charge in [-0.2, -0.15) is 0 Å². The van der Waals surface area contributed by atoms with Gasteiger partial charge < -0.3 is 4.42 Å². The molecule has 0 radical (unpaired) electrons. The third-order valence-corrected chi connectivity index (χ3v) is 4.02. The van der Waals surface area contributed by atoms with Crippen molar-refractivity contribution in [1.29, 1.82) is 0 Å². The van der Waals surface area contributed by atoms with E-state index in [1.807, 2.05) is 66.7 Å². The monoisotopic (exact) mass is 328 g/mol. The van der Waals surface area contributed by atoms with E-state index in [1.165, 1.54) is 11.8 Å². The van der Waals surface area contributed by atoms with Crippen molar-refractivity contribution in [3.63, 3.8) is 0 Å². The van der Waals surface area contributed by atoms with Crippen molar-refractivity contribution >= 4 is 35.5 Å². The van der Waals surface area contributed by atoms with Crippen LogP contribution in [0.15, 0.2) is 64.2 Å². The topological polar surface area (TPSA) is 38.9 Å². The molecule has 2 aromatic carbocycles. The lowest BCUT2D eigenvalue weighted by atomic mass is 10.2. The van der Waals surface area contributed by atoms with Crippen molar-refractivity contribution in [2.75, 3.05) is 0 Å². The van der Waals surface area contributed by atoms with Gasteiger partial charge in [0.2, 0.25) is 5.89 Å². The third kappa shape index (κ3) is 4.23. The van der Waals surface area contributed by atoms with Crippen molar-refractivity contribution in [1.82, 2.24) is 10.2 Å². The van der Waals surface area contributed by atoms with Crippen LogP contribution < -0.4 is 0 Å². The molecule has 3 aromatic rings. The molecule has 0 N–H and O–H groups in total. The molecule has 0 aliphatic heterocycles. The second kappa shape index (κ2) is 7.29. The molecule has 0 amide bonds. The van der Waals surface area contributed by atoms with Crippen molar-refractivity contribution in [3.8, 4) is 0 Å². The molecule has 1 heterocycles. The molecule has 22 heavy (non-hydrogen) atoms. The van der Waals surface area contributed by atoms with E-state index in [0.717, 1.165) is 21.9 Å². The number of aromatic nitrogens is 2. The number of benzene rings is 2. The van der Waals surface area contributed by atoms with Crippen molar-refractivity contribution in [2.24, 2.45) is 0 Å². The lowest BCUT2D eigenvalue weighted by Gasteiger charge is -1.98. The Kier molecular flexibility index (Phi) is 4.93. The summed E-state index contributed by atoms with van der Waals surface area (Å²) in [7, 11) is 0. The first-order valence-corrected chi connectivity index (χ1v) is 8.10. The number of hydrogen-bond donors (Lipinski definition) is 0. The smallest absolute Gasteiger partial charge is 0.277 e. The Morgan fingerprint density at radius 1 is 1.00 bits per heavy atom. The summed E-state index contributed by atoms with van der Waals surface area (Å²) < 4.78 is 5.58. The maximum absolute atomic E-state index is 5.96. The molecule has 110 valence electrons. The fraction of sp³-hybridized carbons (Fsp3) is 0.0588. The summed E-state index contributed by atoms with van der Waals surface area (Å²) in [6.07, 6.45) is 3.75. The molecule has 0 bridgehead atoms. The van der Waals surface area contributed by atoms with Crippen LogP contribution in [0.25, 0.3) is 12.2 Å². The van der Waals surface area contributed by atoms with Crippen LogP contribution in [-0.2, 0) is 5.75 Å². The summed E-state index contributed by atoms with van der Waals surface area (Å²) >= 11 is 7.45. The molecule has 0 saturated heterocycles. The summed E-state index contributed by atoms with van der Waals surface area (Å²) in [5, 5.41) is 9.32. The van der Waals surface area contributed by atoms with Crippen LogP contribution in [0.5, 0.6) is 0 Å². The molecule has 0 spiro atoms. The fourth-order valence-corrected chi connectivity index (χ4v) is 2.78.